The summed E-state index contributed by atoms with van der Waals surface area (Å²) in [6.45, 7) is 2.18. The van der Waals surface area contributed by atoms with E-state index in [1.54, 1.807) is 12.1 Å². The van der Waals surface area contributed by atoms with Gasteiger partial charge in [-0.05, 0) is 48.7 Å². The lowest BCUT2D eigenvalue weighted by atomic mass is 10.1. The predicted molar refractivity (Wildman–Crippen MR) is 78.0 cm³/mol. The van der Waals surface area contributed by atoms with Crippen molar-refractivity contribution >= 4 is 11.1 Å². The lowest BCUT2D eigenvalue weighted by molar-refractivity contribution is 0.611. The fraction of sp³-hybridized carbons (Fsp3) is 0.235. The molecular weight excluding hydrogens is 253 g/mol. The van der Waals surface area contributed by atoms with Crippen molar-refractivity contribution in [1.82, 2.24) is 4.98 Å². The maximum atomic E-state index is 13.2. The van der Waals surface area contributed by atoms with Crippen molar-refractivity contribution in [3.05, 3.63) is 53.8 Å². The zero-order chi connectivity index (χ0) is 13.9. The highest BCUT2D eigenvalue weighted by Gasteiger charge is 2.09. The van der Waals surface area contributed by atoms with Crippen LogP contribution < -0.4 is 0 Å². The quantitative estimate of drug-likeness (QED) is 0.667. The molecule has 2 nitrogen and oxygen atoms in total. The Morgan fingerprint density at radius 1 is 1.15 bits per heavy atom. The van der Waals surface area contributed by atoms with Crippen LogP contribution in [0.4, 0.5) is 4.39 Å². The summed E-state index contributed by atoms with van der Waals surface area (Å²) in [5.74, 6) is 0.181. The predicted octanol–water partition coefficient (Wildman–Crippen LogP) is 4.98. The third kappa shape index (κ3) is 2.57. The van der Waals surface area contributed by atoms with E-state index in [4.69, 9.17) is 4.42 Å². The molecule has 0 aliphatic carbocycles. The van der Waals surface area contributed by atoms with Gasteiger partial charge in [0.2, 0.25) is 5.89 Å². The normalized spacial score (nSPS) is 11.1. The highest BCUT2D eigenvalue weighted by atomic mass is 19.1. The molecule has 3 heteroatoms. The van der Waals surface area contributed by atoms with Crippen molar-refractivity contribution in [2.24, 2.45) is 0 Å². The summed E-state index contributed by atoms with van der Waals surface area (Å²) < 4.78 is 18.9. The second kappa shape index (κ2) is 5.45. The van der Waals surface area contributed by atoms with Crippen molar-refractivity contribution in [2.45, 2.75) is 26.2 Å². The van der Waals surface area contributed by atoms with Gasteiger partial charge in [-0.1, -0.05) is 25.5 Å². The summed E-state index contributed by atoms with van der Waals surface area (Å²) in [6.07, 6.45) is 3.39. The first-order valence-electron chi connectivity index (χ1n) is 6.91. The zero-order valence-corrected chi connectivity index (χ0v) is 11.4. The minimum atomic E-state index is -0.284. The first-order chi connectivity index (χ1) is 9.76. The highest BCUT2D eigenvalue weighted by molar-refractivity contribution is 5.76. The number of aromatic nitrogens is 1. The van der Waals surface area contributed by atoms with E-state index in [1.807, 2.05) is 6.07 Å². The molecule has 0 unspecified atom stereocenters. The Bertz CT molecular complexity index is 733. The fourth-order valence-electron chi connectivity index (χ4n) is 2.25. The molecule has 1 aromatic heterocycles. The van der Waals surface area contributed by atoms with Crippen LogP contribution in [0.25, 0.3) is 22.6 Å². The van der Waals surface area contributed by atoms with Crippen LogP contribution in [0.5, 0.6) is 0 Å². The molecule has 0 saturated heterocycles. The monoisotopic (exact) mass is 269 g/mol. The summed E-state index contributed by atoms with van der Waals surface area (Å²) >= 11 is 0. The minimum absolute atomic E-state index is 0.284. The largest absolute Gasteiger partial charge is 0.436 e. The van der Waals surface area contributed by atoms with Gasteiger partial charge in [0.05, 0.1) is 0 Å². The van der Waals surface area contributed by atoms with Crippen LogP contribution in [-0.4, -0.2) is 4.98 Å². The fourth-order valence-corrected chi connectivity index (χ4v) is 2.25. The van der Waals surface area contributed by atoms with Crippen molar-refractivity contribution in [1.29, 1.82) is 0 Å². The number of rotatable bonds is 4. The number of benzene rings is 2. The number of hydrogen-bond acceptors (Lipinski definition) is 2. The van der Waals surface area contributed by atoms with E-state index in [1.165, 1.54) is 30.5 Å². The number of fused-ring (bicyclic) bond motifs is 1. The SMILES string of the molecule is CCCCc1ccc2oc(-c3cccc(F)c3)nc2c1. The van der Waals surface area contributed by atoms with Gasteiger partial charge in [0, 0.05) is 5.56 Å². The smallest absolute Gasteiger partial charge is 0.227 e. The van der Waals surface area contributed by atoms with Crippen LogP contribution in [-0.2, 0) is 6.42 Å². The first-order valence-corrected chi connectivity index (χ1v) is 6.91. The number of nitrogens with zero attached hydrogens (tertiary/aromatic N) is 1. The summed E-state index contributed by atoms with van der Waals surface area (Å²) in [5, 5.41) is 0. The van der Waals surface area contributed by atoms with Crippen molar-refractivity contribution in [3.8, 4) is 11.5 Å². The number of unbranched alkanes of at least 4 members (excludes halogenated alkanes) is 1. The third-order valence-electron chi connectivity index (χ3n) is 3.34. The van der Waals surface area contributed by atoms with E-state index in [-0.39, 0.29) is 5.82 Å². The molecule has 0 N–H and O–H groups in total. The van der Waals surface area contributed by atoms with Crippen LogP contribution in [0.3, 0.4) is 0 Å². The Morgan fingerprint density at radius 3 is 2.85 bits per heavy atom. The van der Waals surface area contributed by atoms with Gasteiger partial charge < -0.3 is 4.42 Å². The van der Waals surface area contributed by atoms with E-state index in [0.29, 0.717) is 11.5 Å². The van der Waals surface area contributed by atoms with E-state index in [0.717, 1.165) is 17.5 Å². The lowest BCUT2D eigenvalue weighted by Crippen LogP contribution is -1.84. The molecule has 0 atom stereocenters. The Morgan fingerprint density at radius 2 is 2.05 bits per heavy atom. The zero-order valence-electron chi connectivity index (χ0n) is 11.4. The van der Waals surface area contributed by atoms with Gasteiger partial charge in [0.15, 0.2) is 5.58 Å². The summed E-state index contributed by atoms with van der Waals surface area (Å²) in [7, 11) is 0. The Labute approximate surface area is 117 Å². The average molecular weight is 269 g/mol. The summed E-state index contributed by atoms with van der Waals surface area (Å²) in [5.41, 5.74) is 3.50. The van der Waals surface area contributed by atoms with Gasteiger partial charge in [0.1, 0.15) is 11.3 Å². The molecule has 2 aromatic carbocycles. The molecule has 0 radical (unpaired) electrons. The average Bonchev–Trinajstić information content (AvgIpc) is 2.88. The third-order valence-corrected chi connectivity index (χ3v) is 3.34. The van der Waals surface area contributed by atoms with E-state index in [2.05, 4.69) is 24.0 Å². The number of hydrogen-bond donors (Lipinski definition) is 0. The number of oxazole rings is 1. The van der Waals surface area contributed by atoms with Crippen LogP contribution in [0.2, 0.25) is 0 Å². The maximum absolute atomic E-state index is 13.2. The maximum Gasteiger partial charge on any atom is 0.227 e. The van der Waals surface area contributed by atoms with Crippen molar-refractivity contribution < 1.29 is 8.81 Å². The molecule has 3 rings (SSSR count). The van der Waals surface area contributed by atoms with Gasteiger partial charge in [-0.15, -0.1) is 0 Å². The lowest BCUT2D eigenvalue weighted by Gasteiger charge is -1.97. The molecule has 0 saturated carbocycles. The van der Waals surface area contributed by atoms with Gasteiger partial charge in [0.25, 0.3) is 0 Å². The van der Waals surface area contributed by atoms with Gasteiger partial charge in [-0.3, -0.25) is 0 Å². The molecule has 3 aromatic rings. The van der Waals surface area contributed by atoms with Gasteiger partial charge >= 0.3 is 0 Å². The molecule has 0 bridgehead atoms. The number of aryl methyl sites for hydroxylation is 1. The second-order valence-corrected chi connectivity index (χ2v) is 4.93. The molecular formula is C17H16FNO. The van der Waals surface area contributed by atoms with E-state index < -0.39 is 0 Å². The van der Waals surface area contributed by atoms with Crippen LogP contribution in [0.15, 0.2) is 46.9 Å². The van der Waals surface area contributed by atoms with Crippen LogP contribution in [0, 0.1) is 5.82 Å². The Hall–Kier alpha value is -2.16. The van der Waals surface area contributed by atoms with E-state index in [9.17, 15) is 4.39 Å². The molecule has 20 heavy (non-hydrogen) atoms. The van der Waals surface area contributed by atoms with Crippen molar-refractivity contribution in [2.75, 3.05) is 0 Å². The second-order valence-electron chi connectivity index (χ2n) is 4.93. The molecule has 0 spiro atoms. The molecule has 0 fully saturated rings. The molecule has 102 valence electrons. The number of halogens is 1. The summed E-state index contributed by atoms with van der Waals surface area (Å²) in [6, 6.07) is 12.4. The Kier molecular flexibility index (Phi) is 3.50. The van der Waals surface area contributed by atoms with Crippen LogP contribution in [0.1, 0.15) is 25.3 Å². The standard InChI is InChI=1S/C17H16FNO/c1-2-3-5-12-8-9-16-15(10-12)19-17(20-16)13-6-4-7-14(18)11-13/h4,6-11H,2-3,5H2,1H3. The van der Waals surface area contributed by atoms with E-state index >= 15 is 0 Å². The highest BCUT2D eigenvalue weighted by Crippen LogP contribution is 2.25. The van der Waals surface area contributed by atoms with Gasteiger partial charge in [-0.2, -0.15) is 0 Å². The minimum Gasteiger partial charge on any atom is -0.436 e. The topological polar surface area (TPSA) is 26.0 Å². The van der Waals surface area contributed by atoms with Crippen LogP contribution >= 0.6 is 0 Å². The van der Waals surface area contributed by atoms with Gasteiger partial charge in [-0.25, -0.2) is 9.37 Å². The molecule has 1 heterocycles. The molecule has 0 amide bonds. The summed E-state index contributed by atoms with van der Waals surface area (Å²) in [4.78, 5) is 4.46. The molecule has 0 aliphatic rings. The Balaban J connectivity index is 1.98. The molecule has 0 aliphatic heterocycles. The van der Waals surface area contributed by atoms with Crippen molar-refractivity contribution in [3.63, 3.8) is 0 Å². The first kappa shape index (κ1) is 12.9.